The topological polar surface area (TPSA) is 42.5 Å². The van der Waals surface area contributed by atoms with Crippen molar-refractivity contribution in [2.24, 2.45) is 0 Å². The van der Waals surface area contributed by atoms with Gasteiger partial charge in [0, 0.05) is 26.8 Å². The third-order valence-electron chi connectivity index (χ3n) is 1.80. The Hall–Kier alpha value is -0.390. The first-order valence-corrected chi connectivity index (χ1v) is 5.57. The van der Waals surface area contributed by atoms with Crippen LogP contribution in [0.5, 0.6) is 0 Å². The fourth-order valence-electron chi connectivity index (χ4n) is 1.06. The Morgan fingerprint density at radius 3 is 2.53 bits per heavy atom. The summed E-state index contributed by atoms with van der Waals surface area (Å²) < 4.78 is 10.4. The second-order valence-corrected chi connectivity index (χ2v) is 4.20. The molecule has 0 heterocycles. The highest BCUT2D eigenvalue weighted by molar-refractivity contribution is 7.80. The highest BCUT2D eigenvalue weighted by Crippen LogP contribution is 2.06. The van der Waals surface area contributed by atoms with Gasteiger partial charge in [-0.3, -0.25) is 0 Å². The van der Waals surface area contributed by atoms with Crippen LogP contribution in [0, 0.1) is 0 Å². The average Bonchev–Trinajstić information content (AvgIpc) is 2.15. The minimum atomic E-state index is -0.193. The van der Waals surface area contributed by atoms with E-state index in [4.69, 9.17) is 21.7 Å². The van der Waals surface area contributed by atoms with Gasteiger partial charge < -0.3 is 20.1 Å². The summed E-state index contributed by atoms with van der Waals surface area (Å²) in [5.41, 5.74) is -0.193. The second-order valence-electron chi connectivity index (χ2n) is 3.79. The molecule has 0 atom stereocenters. The molecule has 0 spiro atoms. The first kappa shape index (κ1) is 14.6. The third kappa shape index (κ3) is 8.59. The summed E-state index contributed by atoms with van der Waals surface area (Å²) in [5, 5.41) is 6.78. The predicted octanol–water partition coefficient (Wildman–Crippen LogP) is 0.912. The Kier molecular flexibility index (Phi) is 7.64. The van der Waals surface area contributed by atoms with Crippen molar-refractivity contribution in [3.63, 3.8) is 0 Å². The van der Waals surface area contributed by atoms with Gasteiger partial charge in [0.05, 0.1) is 12.2 Å². The van der Waals surface area contributed by atoms with Gasteiger partial charge in [0.2, 0.25) is 0 Å². The maximum atomic E-state index is 5.53. The Labute approximate surface area is 97.7 Å². The molecule has 0 rings (SSSR count). The van der Waals surface area contributed by atoms with Crippen LogP contribution < -0.4 is 10.6 Å². The summed E-state index contributed by atoms with van der Waals surface area (Å²) in [6, 6.07) is 0. The van der Waals surface area contributed by atoms with Crippen LogP contribution >= 0.6 is 12.2 Å². The molecule has 0 saturated carbocycles. The lowest BCUT2D eigenvalue weighted by Gasteiger charge is -2.25. The van der Waals surface area contributed by atoms with Crippen molar-refractivity contribution in [3.8, 4) is 0 Å². The lowest BCUT2D eigenvalue weighted by molar-refractivity contribution is -0.00573. The monoisotopic (exact) mass is 234 g/mol. The number of methoxy groups -OCH3 is 1. The molecule has 2 N–H and O–H groups in total. The van der Waals surface area contributed by atoms with E-state index < -0.39 is 0 Å². The number of rotatable bonds is 7. The highest BCUT2D eigenvalue weighted by Gasteiger charge is 2.17. The molecule has 0 bridgehead atoms. The summed E-state index contributed by atoms with van der Waals surface area (Å²) in [5.74, 6) is 0. The molecule has 0 aliphatic carbocycles. The lowest BCUT2D eigenvalue weighted by Crippen LogP contribution is -2.45. The van der Waals surface area contributed by atoms with Crippen LogP contribution in [0.1, 0.15) is 20.8 Å². The molecule has 0 aromatic carbocycles. The molecule has 0 amide bonds. The third-order valence-corrected chi connectivity index (χ3v) is 2.09. The van der Waals surface area contributed by atoms with E-state index in [1.165, 1.54) is 0 Å². The van der Waals surface area contributed by atoms with Gasteiger partial charge in [0.1, 0.15) is 0 Å². The standard InChI is InChI=1S/C10H22N2O2S/c1-5-14-10(2,3)8-12-9(15)11-6-7-13-4/h5-8H2,1-4H3,(H2,11,12,15). The van der Waals surface area contributed by atoms with E-state index in [1.54, 1.807) is 7.11 Å². The van der Waals surface area contributed by atoms with E-state index in [0.29, 0.717) is 24.9 Å². The van der Waals surface area contributed by atoms with Crippen LogP contribution in [0.3, 0.4) is 0 Å². The summed E-state index contributed by atoms with van der Waals surface area (Å²) in [4.78, 5) is 0. The first-order valence-electron chi connectivity index (χ1n) is 5.16. The van der Waals surface area contributed by atoms with Gasteiger partial charge >= 0.3 is 0 Å². The second kappa shape index (κ2) is 7.84. The molecular weight excluding hydrogens is 212 g/mol. The highest BCUT2D eigenvalue weighted by atomic mass is 32.1. The SMILES string of the molecule is CCOC(C)(C)CNC(=S)NCCOC. The fourth-order valence-corrected chi connectivity index (χ4v) is 1.24. The molecule has 5 heteroatoms. The van der Waals surface area contributed by atoms with E-state index in [2.05, 4.69) is 10.6 Å². The zero-order valence-electron chi connectivity index (χ0n) is 10.1. The normalized spacial score (nSPS) is 11.2. The maximum absolute atomic E-state index is 5.53. The van der Waals surface area contributed by atoms with Crippen molar-refractivity contribution in [1.29, 1.82) is 0 Å². The molecule has 0 unspecified atom stereocenters. The first-order chi connectivity index (χ1) is 7.02. The maximum Gasteiger partial charge on any atom is 0.166 e. The lowest BCUT2D eigenvalue weighted by atomic mass is 10.1. The molecule has 0 saturated heterocycles. The summed E-state index contributed by atoms with van der Waals surface area (Å²) in [6.45, 7) is 8.81. The zero-order chi connectivity index (χ0) is 11.7. The van der Waals surface area contributed by atoms with Crippen molar-refractivity contribution >= 4 is 17.3 Å². The smallest absolute Gasteiger partial charge is 0.166 e. The summed E-state index contributed by atoms with van der Waals surface area (Å²) >= 11 is 5.09. The average molecular weight is 234 g/mol. The molecular formula is C10H22N2O2S. The molecule has 4 nitrogen and oxygen atoms in total. The number of nitrogens with one attached hydrogen (secondary N) is 2. The van der Waals surface area contributed by atoms with E-state index in [-0.39, 0.29) is 5.60 Å². The number of hydrogen-bond acceptors (Lipinski definition) is 3. The number of hydrogen-bond donors (Lipinski definition) is 2. The van der Waals surface area contributed by atoms with Crippen LogP contribution in [0.4, 0.5) is 0 Å². The van der Waals surface area contributed by atoms with E-state index >= 15 is 0 Å². The molecule has 0 aromatic heterocycles. The Balaban J connectivity index is 3.60. The van der Waals surface area contributed by atoms with Crippen LogP contribution in [0.2, 0.25) is 0 Å². The molecule has 0 radical (unpaired) electrons. The van der Waals surface area contributed by atoms with Crippen LogP contribution in [-0.4, -0.2) is 44.1 Å². The summed E-state index contributed by atoms with van der Waals surface area (Å²) in [6.07, 6.45) is 0. The molecule has 0 fully saturated rings. The van der Waals surface area contributed by atoms with Crippen molar-refractivity contribution in [2.75, 3.05) is 33.4 Å². The molecule has 0 aromatic rings. The van der Waals surface area contributed by atoms with Gasteiger partial charge in [-0.05, 0) is 33.0 Å². The van der Waals surface area contributed by atoms with Crippen LogP contribution in [0.15, 0.2) is 0 Å². The molecule has 90 valence electrons. The van der Waals surface area contributed by atoms with Crippen molar-refractivity contribution in [1.82, 2.24) is 10.6 Å². The molecule has 0 aliphatic rings. The van der Waals surface area contributed by atoms with Crippen LogP contribution in [0.25, 0.3) is 0 Å². The summed E-state index contributed by atoms with van der Waals surface area (Å²) in [7, 11) is 1.66. The molecule has 15 heavy (non-hydrogen) atoms. The van der Waals surface area contributed by atoms with Gasteiger partial charge in [-0.1, -0.05) is 0 Å². The van der Waals surface area contributed by atoms with Crippen molar-refractivity contribution in [3.05, 3.63) is 0 Å². The van der Waals surface area contributed by atoms with Crippen LogP contribution in [-0.2, 0) is 9.47 Å². The van der Waals surface area contributed by atoms with Crippen molar-refractivity contribution in [2.45, 2.75) is 26.4 Å². The van der Waals surface area contributed by atoms with Gasteiger partial charge in [-0.2, -0.15) is 0 Å². The predicted molar refractivity (Wildman–Crippen MR) is 66.2 cm³/mol. The van der Waals surface area contributed by atoms with E-state index in [0.717, 1.165) is 6.54 Å². The largest absolute Gasteiger partial charge is 0.383 e. The van der Waals surface area contributed by atoms with Gasteiger partial charge in [-0.15, -0.1) is 0 Å². The minimum absolute atomic E-state index is 0.193. The van der Waals surface area contributed by atoms with E-state index in [9.17, 15) is 0 Å². The van der Waals surface area contributed by atoms with Gasteiger partial charge in [0.15, 0.2) is 5.11 Å². The van der Waals surface area contributed by atoms with E-state index in [1.807, 2.05) is 20.8 Å². The van der Waals surface area contributed by atoms with Crippen molar-refractivity contribution < 1.29 is 9.47 Å². The molecule has 0 aliphatic heterocycles. The Morgan fingerprint density at radius 2 is 2.00 bits per heavy atom. The Morgan fingerprint density at radius 1 is 1.33 bits per heavy atom. The Bertz CT molecular complexity index is 186. The quantitative estimate of drug-likeness (QED) is 0.506. The minimum Gasteiger partial charge on any atom is -0.383 e. The number of ether oxygens (including phenoxy) is 2. The number of thiocarbonyl (C=S) groups is 1. The van der Waals surface area contributed by atoms with Gasteiger partial charge in [-0.25, -0.2) is 0 Å². The zero-order valence-corrected chi connectivity index (χ0v) is 10.9. The fraction of sp³-hybridized carbons (Fsp3) is 0.900. The van der Waals surface area contributed by atoms with Gasteiger partial charge in [0.25, 0.3) is 0 Å².